The number of ether oxygens (including phenoxy) is 14. The second-order valence-electron chi connectivity index (χ2n) is 24.2. The fourth-order valence-corrected chi connectivity index (χ4v) is 12.3. The van der Waals surface area contributed by atoms with Gasteiger partial charge in [0.25, 0.3) is 0 Å². The van der Waals surface area contributed by atoms with Crippen LogP contribution in [0.25, 0.3) is 0 Å². The van der Waals surface area contributed by atoms with Gasteiger partial charge in [0.05, 0.1) is 67.0 Å². The Morgan fingerprint density at radius 3 is 2.00 bits per heavy atom. The first kappa shape index (κ1) is 72.2. The summed E-state index contributed by atoms with van der Waals surface area (Å²) in [5, 5.41) is 71.2. The molecule has 5 aliphatic rings. The number of aliphatic hydroxyl groups excluding tert-OH is 4. The van der Waals surface area contributed by atoms with Crippen molar-refractivity contribution in [3.63, 3.8) is 0 Å². The van der Waals surface area contributed by atoms with Crippen molar-refractivity contribution in [1.29, 1.82) is 0 Å². The predicted octanol–water partition coefficient (Wildman–Crippen LogP) is 4.73. The summed E-state index contributed by atoms with van der Waals surface area (Å²) in [6.07, 6.45) is -8.70. The Bertz CT molecular complexity index is 2320. The fraction of sp³-hybridized carbons (Fsp3) is 0.790. The molecule has 6 N–H and O–H groups in total. The topological polar surface area (TPSA) is 302 Å². The van der Waals surface area contributed by atoms with Gasteiger partial charge in [-0.05, 0) is 74.3 Å². The number of rotatable bonds is 17. The van der Waals surface area contributed by atoms with Crippen LogP contribution < -0.4 is 0 Å². The lowest BCUT2D eigenvalue weighted by Gasteiger charge is -2.52. The van der Waals surface area contributed by atoms with E-state index in [0.717, 1.165) is 11.1 Å². The van der Waals surface area contributed by atoms with E-state index in [1.807, 2.05) is 51.2 Å². The van der Waals surface area contributed by atoms with E-state index in [4.69, 9.17) is 66.3 Å². The molecule has 0 amide bonds. The molecule has 0 unspecified atom stereocenters. The molecule has 0 aliphatic carbocycles. The van der Waals surface area contributed by atoms with Gasteiger partial charge in [-0.3, -0.25) is 9.59 Å². The molecule has 5 aliphatic heterocycles. The van der Waals surface area contributed by atoms with Crippen molar-refractivity contribution in [2.75, 3.05) is 35.0 Å². The van der Waals surface area contributed by atoms with Crippen LogP contribution in [0.5, 0.6) is 0 Å². The molecule has 0 spiro atoms. The van der Waals surface area contributed by atoms with Crippen LogP contribution in [0.1, 0.15) is 129 Å². The van der Waals surface area contributed by atoms with Crippen LogP contribution in [0.15, 0.2) is 58.7 Å². The van der Waals surface area contributed by atoms with Gasteiger partial charge < -0.3 is 97.0 Å². The normalized spacial score (nSPS) is 44.0. The highest BCUT2D eigenvalue weighted by Gasteiger charge is 2.59. The molecular weight excluding hydrogens is 1110 g/mol. The Morgan fingerprint density at radius 1 is 0.753 bits per heavy atom. The van der Waals surface area contributed by atoms with Gasteiger partial charge in [-0.1, -0.05) is 67.9 Å². The molecule has 4 fully saturated rings. The molecule has 23 nitrogen and oxygen atoms in total. The highest BCUT2D eigenvalue weighted by Crippen LogP contribution is 2.44. The van der Waals surface area contributed by atoms with E-state index in [1.165, 1.54) is 49.2 Å². The zero-order valence-corrected chi connectivity index (χ0v) is 52.8. The summed E-state index contributed by atoms with van der Waals surface area (Å²) in [4.78, 5) is 38.9. The molecule has 0 bridgehead atoms. The minimum Gasteiger partial charge on any atom is -0.462 e. The molecule has 0 aromatic rings. The number of hydrogen-bond donors (Lipinski definition) is 6. The third kappa shape index (κ3) is 19.2. The predicted molar refractivity (Wildman–Crippen MR) is 307 cm³/mol. The number of hydrogen-bond acceptors (Lipinski definition) is 23. The lowest BCUT2D eigenvalue weighted by molar-refractivity contribution is -0.366. The monoisotopic (exact) mass is 1210 g/mol. The van der Waals surface area contributed by atoms with Crippen LogP contribution >= 0.6 is 0 Å². The van der Waals surface area contributed by atoms with Crippen LogP contribution in [0.3, 0.4) is 0 Å². The van der Waals surface area contributed by atoms with Crippen LogP contribution in [-0.2, 0) is 80.7 Å². The molecule has 4 saturated heterocycles. The molecule has 85 heavy (non-hydrogen) atoms. The van der Waals surface area contributed by atoms with Crippen LogP contribution in [0.4, 0.5) is 0 Å². The highest BCUT2D eigenvalue weighted by molar-refractivity contribution is 5.88. The first-order valence-corrected chi connectivity index (χ1v) is 29.7. The molecule has 5 heterocycles. The summed E-state index contributed by atoms with van der Waals surface area (Å²) >= 11 is 0. The molecule has 0 aromatic carbocycles. The maximum absolute atomic E-state index is 14.3. The molecule has 0 saturated carbocycles. The van der Waals surface area contributed by atoms with Crippen molar-refractivity contribution in [3.05, 3.63) is 58.7 Å². The van der Waals surface area contributed by atoms with Crippen molar-refractivity contribution >= 4 is 17.9 Å². The minimum absolute atomic E-state index is 0.0307. The molecule has 5 rings (SSSR count). The Kier molecular flexibility index (Phi) is 27.4. The van der Waals surface area contributed by atoms with Crippen LogP contribution in [0.2, 0.25) is 0 Å². The maximum Gasteiger partial charge on any atom is 0.334 e. The molecular formula is C62H100O23. The third-order valence-corrected chi connectivity index (χ3v) is 16.9. The zero-order valence-electron chi connectivity index (χ0n) is 52.8. The largest absolute Gasteiger partial charge is 0.462 e. The number of aliphatic hydroxyl groups is 6. The number of cyclic esters (lactones) is 1. The standard InChI is InChI=1S/C62H100O23/c1-31-19-18-20-44(65)47(73-15)27-49(82-59(69)35(5)25-33(3)23-32(2)24-34(4)45(22-21-31)83-60-53(67)52(66)56(75-17)39(9)78-60)57(68)62(71)37(7)54(79-41(11)63)36(6)46(85-62)26-43(30-72-14)81-51-29-61(13,70)58(40(10)77-51)84-50-28-48(74-16)55(38(8)76-50)80-42(12)64/h19,21-25,34,36-40,43-58,60,65-68,70-71H,18,20,26-30H2,1-17H3/b22-21+,31-19+,32-24+,33-23+,35-25+/t34-,36+,37-,38-,39+,40+,43-,44+,45-,46-,47+,48-,49+,50+,51+,52+,53+,54+,55-,56+,57-,58+,60+,61+,62-/m1/s1. The van der Waals surface area contributed by atoms with Crippen molar-refractivity contribution in [2.45, 2.75) is 263 Å². The average molecular weight is 1210 g/mol. The first-order valence-electron chi connectivity index (χ1n) is 29.7. The lowest BCUT2D eigenvalue weighted by Crippen LogP contribution is -2.66. The summed E-state index contributed by atoms with van der Waals surface area (Å²) in [6.45, 7) is 21.6. The quantitative estimate of drug-likeness (QED) is 0.0847. The van der Waals surface area contributed by atoms with Gasteiger partial charge in [0.15, 0.2) is 25.0 Å². The Balaban J connectivity index is 1.41. The SMILES string of the molecule is COC[C@@H](C[C@H]1O[C@@](O)([C@H](O)[C@@H]2C[C@H](OC)[C@@H](O)CC/C=C(C)/C=C/[C@@H](O[C@@H]3O[C@@H](C)[C@H](OC)[C@@H](O)[C@@H]3O)[C@H](C)/C=C(C)/C=C(C)/C=C(\C)C(=O)O2)[C@H](C)[C@@H](OC(C)=O)[C@H]1C)O[C@H]1C[C@](C)(O)[C@@H](O[C@H]2C[C@@H](OC)[C@H](OC(C)=O)[C@@H](C)O2)[C@H](C)O1. The number of allylic oxidation sites excluding steroid dienone is 7. The van der Waals surface area contributed by atoms with Gasteiger partial charge in [0, 0.05) is 85.4 Å². The van der Waals surface area contributed by atoms with E-state index >= 15 is 0 Å². The summed E-state index contributed by atoms with van der Waals surface area (Å²) in [5.74, 6) is -6.70. The Labute approximate surface area is 501 Å². The number of carbonyl (C=O) groups is 3. The summed E-state index contributed by atoms with van der Waals surface area (Å²) in [5.41, 5.74) is 0.856. The molecule has 0 aromatic heterocycles. The van der Waals surface area contributed by atoms with Gasteiger partial charge in [-0.15, -0.1) is 0 Å². The third-order valence-electron chi connectivity index (χ3n) is 16.9. The lowest BCUT2D eigenvalue weighted by atomic mass is 9.76. The van der Waals surface area contributed by atoms with Crippen molar-refractivity contribution in [1.82, 2.24) is 0 Å². The number of carbonyl (C=O) groups excluding carboxylic acids is 3. The van der Waals surface area contributed by atoms with Crippen molar-refractivity contribution < 1.29 is 111 Å². The molecule has 486 valence electrons. The van der Waals surface area contributed by atoms with Gasteiger partial charge in [0.2, 0.25) is 5.79 Å². The Morgan fingerprint density at radius 2 is 1.39 bits per heavy atom. The fourth-order valence-electron chi connectivity index (χ4n) is 12.3. The Hall–Kier alpha value is -3.57. The maximum atomic E-state index is 14.3. The van der Waals surface area contributed by atoms with E-state index in [0.29, 0.717) is 12.0 Å². The van der Waals surface area contributed by atoms with E-state index in [-0.39, 0.29) is 50.2 Å². The zero-order chi connectivity index (χ0) is 63.4. The summed E-state index contributed by atoms with van der Waals surface area (Å²) in [6, 6.07) is 0. The van der Waals surface area contributed by atoms with Gasteiger partial charge in [-0.2, -0.15) is 0 Å². The molecule has 25 atom stereocenters. The van der Waals surface area contributed by atoms with Gasteiger partial charge >= 0.3 is 17.9 Å². The average Bonchev–Trinajstić information content (AvgIpc) is 1.78. The first-order chi connectivity index (χ1) is 39.9. The molecule has 23 heteroatoms. The second-order valence-corrected chi connectivity index (χ2v) is 24.2. The van der Waals surface area contributed by atoms with Gasteiger partial charge in [0.1, 0.15) is 48.8 Å². The van der Waals surface area contributed by atoms with E-state index in [2.05, 4.69) is 0 Å². The van der Waals surface area contributed by atoms with Crippen LogP contribution in [0, 0.1) is 17.8 Å². The summed E-state index contributed by atoms with van der Waals surface area (Å²) in [7, 11) is 5.77. The van der Waals surface area contributed by atoms with Gasteiger partial charge in [-0.25, -0.2) is 4.79 Å². The van der Waals surface area contributed by atoms with E-state index < -0.39 is 164 Å². The molecule has 0 radical (unpaired) electrons. The van der Waals surface area contributed by atoms with E-state index in [9.17, 15) is 45.0 Å². The number of esters is 3. The van der Waals surface area contributed by atoms with Crippen molar-refractivity contribution in [3.8, 4) is 0 Å². The van der Waals surface area contributed by atoms with Crippen LogP contribution in [-0.4, -0.2) is 218 Å². The second kappa shape index (κ2) is 32.3. The summed E-state index contributed by atoms with van der Waals surface area (Å²) < 4.78 is 84.3. The minimum atomic E-state index is -2.59. The van der Waals surface area contributed by atoms with Crippen molar-refractivity contribution in [2.24, 2.45) is 17.8 Å². The smallest absolute Gasteiger partial charge is 0.334 e. The van der Waals surface area contributed by atoms with E-state index in [1.54, 1.807) is 54.5 Å². The number of methoxy groups -OCH3 is 4. The highest BCUT2D eigenvalue weighted by atomic mass is 16.7.